The number of aliphatic hydroxyl groups excluding tert-OH is 1. The first-order valence-corrected chi connectivity index (χ1v) is 6.80. The van der Waals surface area contributed by atoms with E-state index in [1.165, 1.54) is 0 Å². The fourth-order valence-corrected chi connectivity index (χ4v) is 3.11. The van der Waals surface area contributed by atoms with Gasteiger partial charge in [0, 0.05) is 13.1 Å². The summed E-state index contributed by atoms with van der Waals surface area (Å²) in [6, 6.07) is 0. The van der Waals surface area contributed by atoms with Crippen LogP contribution in [0.1, 0.15) is 26.2 Å². The molecular formula is C13H21NO5. The monoisotopic (exact) mass is 271 g/mol. The van der Waals surface area contributed by atoms with Crippen LogP contribution in [0.4, 0.5) is 0 Å². The van der Waals surface area contributed by atoms with Crippen LogP contribution in [-0.4, -0.2) is 58.9 Å². The number of carboxylic acid groups (broad SMARTS) is 1. The van der Waals surface area contributed by atoms with Gasteiger partial charge in [0.2, 0.25) is 5.91 Å². The fourth-order valence-electron chi connectivity index (χ4n) is 3.11. The van der Waals surface area contributed by atoms with E-state index in [1.54, 1.807) is 4.90 Å². The summed E-state index contributed by atoms with van der Waals surface area (Å²) in [5, 5.41) is 18.3. The molecule has 0 aromatic rings. The van der Waals surface area contributed by atoms with Crippen molar-refractivity contribution in [3.63, 3.8) is 0 Å². The summed E-state index contributed by atoms with van der Waals surface area (Å²) < 4.78 is 5.49. The number of hydrogen-bond acceptors (Lipinski definition) is 4. The molecule has 6 nitrogen and oxygen atoms in total. The number of ether oxygens (including phenoxy) is 1. The maximum Gasteiger partial charge on any atom is 0.307 e. The number of carbonyl (C=O) groups excluding carboxylic acids is 1. The molecule has 0 spiro atoms. The van der Waals surface area contributed by atoms with E-state index in [0.29, 0.717) is 25.9 Å². The summed E-state index contributed by atoms with van der Waals surface area (Å²) in [7, 11) is 0. The first-order valence-electron chi connectivity index (χ1n) is 6.80. The van der Waals surface area contributed by atoms with Gasteiger partial charge in [0.1, 0.15) is 0 Å². The molecule has 2 unspecified atom stereocenters. The minimum absolute atomic E-state index is 0.0986. The van der Waals surface area contributed by atoms with Crippen molar-refractivity contribution in [3.05, 3.63) is 0 Å². The summed E-state index contributed by atoms with van der Waals surface area (Å²) in [5.74, 6) is -1.95. The van der Waals surface area contributed by atoms with Crippen molar-refractivity contribution in [2.24, 2.45) is 11.8 Å². The zero-order valence-electron chi connectivity index (χ0n) is 11.1. The third kappa shape index (κ3) is 3.06. The van der Waals surface area contributed by atoms with Crippen LogP contribution >= 0.6 is 0 Å². The standard InChI is InChI=1S/C13H21NO5/c1-8-5-14(6-9(7-15)19-8)12(16)10-3-2-4-11(10)13(17)18/h8-11,15H,2-7H2,1H3,(H,17,18)/t8?,9?,10-,11+/m1/s1. The Balaban J connectivity index is 2.04. The summed E-state index contributed by atoms with van der Waals surface area (Å²) >= 11 is 0. The maximum absolute atomic E-state index is 12.4. The molecule has 108 valence electrons. The van der Waals surface area contributed by atoms with Crippen molar-refractivity contribution in [1.29, 1.82) is 0 Å². The Kier molecular flexibility index (Phi) is 4.42. The number of amides is 1. The van der Waals surface area contributed by atoms with Gasteiger partial charge in [-0.15, -0.1) is 0 Å². The van der Waals surface area contributed by atoms with E-state index in [0.717, 1.165) is 6.42 Å². The highest BCUT2D eigenvalue weighted by molar-refractivity contribution is 5.85. The lowest BCUT2D eigenvalue weighted by Crippen LogP contribution is -2.52. The Morgan fingerprint density at radius 1 is 1.26 bits per heavy atom. The lowest BCUT2D eigenvalue weighted by Gasteiger charge is -2.37. The Labute approximate surface area is 112 Å². The first-order chi connectivity index (χ1) is 9.02. The van der Waals surface area contributed by atoms with Crippen molar-refractivity contribution >= 4 is 11.9 Å². The van der Waals surface area contributed by atoms with Crippen LogP contribution in [0.5, 0.6) is 0 Å². The molecule has 19 heavy (non-hydrogen) atoms. The van der Waals surface area contributed by atoms with Gasteiger partial charge in [0.05, 0.1) is 30.7 Å². The molecule has 2 N–H and O–H groups in total. The van der Waals surface area contributed by atoms with E-state index in [9.17, 15) is 9.59 Å². The normalized spacial score (nSPS) is 35.4. The first kappa shape index (κ1) is 14.3. The van der Waals surface area contributed by atoms with Crippen molar-refractivity contribution in [2.75, 3.05) is 19.7 Å². The van der Waals surface area contributed by atoms with Crippen LogP contribution in [0.2, 0.25) is 0 Å². The van der Waals surface area contributed by atoms with E-state index >= 15 is 0 Å². The molecule has 2 fully saturated rings. The molecule has 6 heteroatoms. The van der Waals surface area contributed by atoms with Crippen molar-refractivity contribution in [1.82, 2.24) is 4.90 Å². The highest BCUT2D eigenvalue weighted by Gasteiger charge is 2.41. The predicted molar refractivity (Wildman–Crippen MR) is 66.5 cm³/mol. The van der Waals surface area contributed by atoms with Crippen LogP contribution in [0.3, 0.4) is 0 Å². The van der Waals surface area contributed by atoms with E-state index < -0.39 is 17.8 Å². The van der Waals surface area contributed by atoms with Gasteiger partial charge in [-0.3, -0.25) is 9.59 Å². The molecule has 1 saturated carbocycles. The second-order valence-corrected chi connectivity index (χ2v) is 5.48. The van der Waals surface area contributed by atoms with Gasteiger partial charge in [-0.2, -0.15) is 0 Å². The van der Waals surface area contributed by atoms with Crippen LogP contribution in [0.15, 0.2) is 0 Å². The minimum atomic E-state index is -0.879. The van der Waals surface area contributed by atoms with Crippen LogP contribution in [0, 0.1) is 11.8 Å². The second-order valence-electron chi connectivity index (χ2n) is 5.48. The average molecular weight is 271 g/mol. The van der Waals surface area contributed by atoms with E-state index in [2.05, 4.69) is 0 Å². The Bertz CT molecular complexity index is 359. The smallest absolute Gasteiger partial charge is 0.307 e. The lowest BCUT2D eigenvalue weighted by atomic mass is 9.94. The molecule has 2 aliphatic rings. The Morgan fingerprint density at radius 3 is 2.58 bits per heavy atom. The molecule has 1 aliphatic carbocycles. The van der Waals surface area contributed by atoms with Gasteiger partial charge in [-0.05, 0) is 19.8 Å². The maximum atomic E-state index is 12.4. The Hall–Kier alpha value is -1.14. The third-order valence-corrected chi connectivity index (χ3v) is 3.99. The summed E-state index contributed by atoms with van der Waals surface area (Å²) in [5.41, 5.74) is 0. The number of aliphatic hydroxyl groups is 1. The van der Waals surface area contributed by atoms with Crippen LogP contribution in [0.25, 0.3) is 0 Å². The molecule has 4 atom stereocenters. The van der Waals surface area contributed by atoms with Gasteiger partial charge in [0.25, 0.3) is 0 Å². The quantitative estimate of drug-likeness (QED) is 0.760. The molecule has 1 heterocycles. The number of nitrogens with zero attached hydrogens (tertiary/aromatic N) is 1. The SMILES string of the molecule is CC1CN(C(=O)[C@@H]2CCC[C@@H]2C(=O)O)CC(CO)O1. The number of morpholine rings is 1. The molecule has 1 amide bonds. The van der Waals surface area contributed by atoms with Gasteiger partial charge in [-0.25, -0.2) is 0 Å². The van der Waals surface area contributed by atoms with Crippen molar-refractivity contribution in [3.8, 4) is 0 Å². The highest BCUT2D eigenvalue weighted by atomic mass is 16.5. The van der Waals surface area contributed by atoms with E-state index in [1.807, 2.05) is 6.92 Å². The molecule has 0 radical (unpaired) electrons. The van der Waals surface area contributed by atoms with E-state index in [4.69, 9.17) is 14.9 Å². The molecular weight excluding hydrogens is 250 g/mol. The lowest BCUT2D eigenvalue weighted by molar-refractivity contribution is -0.157. The largest absolute Gasteiger partial charge is 0.481 e. The second kappa shape index (κ2) is 5.88. The van der Waals surface area contributed by atoms with Gasteiger partial charge in [-0.1, -0.05) is 6.42 Å². The number of carboxylic acids is 1. The summed E-state index contributed by atoms with van der Waals surface area (Å²) in [6.45, 7) is 2.55. The fraction of sp³-hybridized carbons (Fsp3) is 0.846. The predicted octanol–water partition coefficient (Wildman–Crippen LogP) is 0.0955. The van der Waals surface area contributed by atoms with Crippen molar-refractivity contribution in [2.45, 2.75) is 38.4 Å². The zero-order chi connectivity index (χ0) is 14.0. The summed E-state index contributed by atoms with van der Waals surface area (Å²) in [4.78, 5) is 25.3. The number of carbonyl (C=O) groups is 2. The number of hydrogen-bond donors (Lipinski definition) is 2. The van der Waals surface area contributed by atoms with Gasteiger partial charge < -0.3 is 19.8 Å². The highest BCUT2D eigenvalue weighted by Crippen LogP contribution is 2.34. The molecule has 2 rings (SSSR count). The third-order valence-electron chi connectivity index (χ3n) is 3.99. The van der Waals surface area contributed by atoms with E-state index in [-0.39, 0.29) is 24.7 Å². The van der Waals surface area contributed by atoms with Crippen LogP contribution < -0.4 is 0 Å². The minimum Gasteiger partial charge on any atom is -0.481 e. The Morgan fingerprint density at radius 2 is 1.95 bits per heavy atom. The van der Waals surface area contributed by atoms with Crippen LogP contribution in [-0.2, 0) is 14.3 Å². The number of aliphatic carboxylic acids is 1. The van der Waals surface area contributed by atoms with Crippen molar-refractivity contribution < 1.29 is 24.5 Å². The topological polar surface area (TPSA) is 87.1 Å². The van der Waals surface area contributed by atoms with Gasteiger partial charge in [0.15, 0.2) is 0 Å². The molecule has 0 aromatic heterocycles. The zero-order valence-corrected chi connectivity index (χ0v) is 11.1. The molecule has 0 bridgehead atoms. The van der Waals surface area contributed by atoms with Gasteiger partial charge >= 0.3 is 5.97 Å². The molecule has 1 saturated heterocycles. The number of rotatable bonds is 3. The average Bonchev–Trinajstić information content (AvgIpc) is 2.86. The summed E-state index contributed by atoms with van der Waals surface area (Å²) in [6.07, 6.45) is 1.52. The molecule has 0 aromatic carbocycles. The molecule has 1 aliphatic heterocycles.